The first-order valence-electron chi connectivity index (χ1n) is 7.74. The zero-order valence-corrected chi connectivity index (χ0v) is 13.2. The van der Waals surface area contributed by atoms with Gasteiger partial charge in [0.1, 0.15) is 18.1 Å². The minimum atomic E-state index is -4.72. The molecule has 0 spiro atoms. The summed E-state index contributed by atoms with van der Waals surface area (Å²) in [7, 11) is 0. The standard InChI is InChI=1S/C18H16F3NO3/c19-18(20,21)25-15-7-5-12(6-8-15)10-22-17(23)14-9-13-3-1-2-4-16(13)24-11-14/h1-8,14H,9-11H2,(H,22,23)/t14-/m1/s1. The van der Waals surface area contributed by atoms with Crippen molar-refractivity contribution in [3.63, 3.8) is 0 Å². The lowest BCUT2D eigenvalue weighted by Crippen LogP contribution is -2.37. The topological polar surface area (TPSA) is 47.6 Å². The fourth-order valence-electron chi connectivity index (χ4n) is 2.64. The molecule has 132 valence electrons. The molecule has 1 aliphatic heterocycles. The Labute approximate surface area is 142 Å². The van der Waals surface area contributed by atoms with Crippen LogP contribution in [0.25, 0.3) is 0 Å². The highest BCUT2D eigenvalue weighted by molar-refractivity contribution is 5.79. The second-order valence-electron chi connectivity index (χ2n) is 5.73. The normalized spacial score (nSPS) is 16.5. The van der Waals surface area contributed by atoms with Crippen molar-refractivity contribution < 1.29 is 27.4 Å². The number of carbonyl (C=O) groups excluding carboxylic acids is 1. The second-order valence-corrected chi connectivity index (χ2v) is 5.73. The summed E-state index contributed by atoms with van der Waals surface area (Å²) in [6.45, 7) is 0.532. The van der Waals surface area contributed by atoms with E-state index in [1.807, 2.05) is 24.3 Å². The van der Waals surface area contributed by atoms with Crippen LogP contribution in [0.3, 0.4) is 0 Å². The zero-order valence-electron chi connectivity index (χ0n) is 13.2. The van der Waals surface area contributed by atoms with E-state index in [9.17, 15) is 18.0 Å². The Morgan fingerprint density at radius 2 is 1.88 bits per heavy atom. The van der Waals surface area contributed by atoms with E-state index in [2.05, 4.69) is 10.1 Å². The van der Waals surface area contributed by atoms with Gasteiger partial charge in [0.25, 0.3) is 0 Å². The molecule has 7 heteroatoms. The van der Waals surface area contributed by atoms with Gasteiger partial charge in [-0.2, -0.15) is 0 Å². The first kappa shape index (κ1) is 17.1. The van der Waals surface area contributed by atoms with Gasteiger partial charge in [-0.05, 0) is 35.7 Å². The molecule has 2 aromatic rings. The van der Waals surface area contributed by atoms with E-state index >= 15 is 0 Å². The number of fused-ring (bicyclic) bond motifs is 1. The average Bonchev–Trinajstić information content (AvgIpc) is 2.59. The molecule has 1 N–H and O–H groups in total. The molecule has 1 amide bonds. The minimum absolute atomic E-state index is 0.148. The third-order valence-corrected chi connectivity index (χ3v) is 3.87. The lowest BCUT2D eigenvalue weighted by atomic mass is 9.96. The maximum atomic E-state index is 12.3. The predicted octanol–water partition coefficient (Wildman–Crippen LogP) is 3.45. The van der Waals surface area contributed by atoms with Crippen LogP contribution >= 0.6 is 0 Å². The van der Waals surface area contributed by atoms with Crippen molar-refractivity contribution >= 4 is 5.91 Å². The molecule has 0 aromatic heterocycles. The maximum absolute atomic E-state index is 12.3. The molecule has 1 aliphatic rings. The van der Waals surface area contributed by atoms with Crippen molar-refractivity contribution in [2.24, 2.45) is 5.92 Å². The number of para-hydroxylation sites is 1. The number of alkyl halides is 3. The van der Waals surface area contributed by atoms with Gasteiger partial charge in [-0.15, -0.1) is 13.2 Å². The van der Waals surface area contributed by atoms with E-state index in [0.717, 1.165) is 11.3 Å². The van der Waals surface area contributed by atoms with Crippen molar-refractivity contribution in [3.8, 4) is 11.5 Å². The lowest BCUT2D eigenvalue weighted by Gasteiger charge is -2.24. The number of nitrogens with one attached hydrogen (secondary N) is 1. The third-order valence-electron chi connectivity index (χ3n) is 3.87. The number of amides is 1. The van der Waals surface area contributed by atoms with Gasteiger partial charge in [0.2, 0.25) is 5.91 Å². The molecule has 4 nitrogen and oxygen atoms in total. The Hall–Kier alpha value is -2.70. The number of hydrogen-bond acceptors (Lipinski definition) is 3. The van der Waals surface area contributed by atoms with Crippen LogP contribution < -0.4 is 14.8 Å². The SMILES string of the molecule is O=C(NCc1ccc(OC(F)(F)F)cc1)[C@H]1COc2ccccc2C1. The molecule has 0 saturated heterocycles. The van der Waals surface area contributed by atoms with Gasteiger partial charge in [-0.3, -0.25) is 4.79 Å². The van der Waals surface area contributed by atoms with Crippen LogP contribution in [-0.2, 0) is 17.8 Å². The van der Waals surface area contributed by atoms with E-state index in [1.54, 1.807) is 0 Å². The summed E-state index contributed by atoms with van der Waals surface area (Å²) < 4.78 is 45.7. The van der Waals surface area contributed by atoms with Gasteiger partial charge in [-0.25, -0.2) is 0 Å². The summed E-state index contributed by atoms with van der Waals surface area (Å²) in [6.07, 6.45) is -4.12. The first-order valence-corrected chi connectivity index (χ1v) is 7.74. The third kappa shape index (κ3) is 4.65. The molecule has 1 heterocycles. The van der Waals surface area contributed by atoms with Gasteiger partial charge >= 0.3 is 6.36 Å². The summed E-state index contributed by atoms with van der Waals surface area (Å²) in [5.41, 5.74) is 1.67. The van der Waals surface area contributed by atoms with Crippen molar-refractivity contribution in [3.05, 3.63) is 59.7 Å². The maximum Gasteiger partial charge on any atom is 0.573 e. The molecular formula is C18H16F3NO3. The number of benzene rings is 2. The summed E-state index contributed by atoms with van der Waals surface area (Å²) in [5, 5.41) is 2.79. The van der Waals surface area contributed by atoms with Gasteiger partial charge in [0.15, 0.2) is 0 Å². The van der Waals surface area contributed by atoms with Crippen LogP contribution in [0.5, 0.6) is 11.5 Å². The molecule has 0 saturated carbocycles. The smallest absolute Gasteiger partial charge is 0.492 e. The number of halogens is 3. The molecule has 25 heavy (non-hydrogen) atoms. The summed E-state index contributed by atoms with van der Waals surface area (Å²) in [4.78, 5) is 12.3. The largest absolute Gasteiger partial charge is 0.573 e. The molecule has 0 unspecified atom stereocenters. The van der Waals surface area contributed by atoms with E-state index in [1.165, 1.54) is 24.3 Å². The van der Waals surface area contributed by atoms with Crippen molar-refractivity contribution in [2.45, 2.75) is 19.3 Å². The quantitative estimate of drug-likeness (QED) is 0.918. The summed E-state index contributed by atoms with van der Waals surface area (Å²) >= 11 is 0. The van der Waals surface area contributed by atoms with Gasteiger partial charge < -0.3 is 14.8 Å². The molecule has 3 rings (SSSR count). The van der Waals surface area contributed by atoms with E-state index < -0.39 is 6.36 Å². The van der Waals surface area contributed by atoms with E-state index in [-0.39, 0.29) is 24.1 Å². The second kappa shape index (κ2) is 7.04. The van der Waals surface area contributed by atoms with Crippen LogP contribution in [0, 0.1) is 5.92 Å². The Morgan fingerprint density at radius 1 is 1.16 bits per heavy atom. The van der Waals surface area contributed by atoms with Crippen LogP contribution in [0.4, 0.5) is 13.2 Å². The molecule has 1 atom stereocenters. The molecule has 0 aliphatic carbocycles. The predicted molar refractivity (Wildman–Crippen MR) is 84.1 cm³/mol. The Morgan fingerprint density at radius 3 is 2.60 bits per heavy atom. The summed E-state index contributed by atoms with van der Waals surface area (Å²) in [5.74, 6) is 0.0690. The Bertz CT molecular complexity index is 744. The number of ether oxygens (including phenoxy) is 2. The van der Waals surface area contributed by atoms with Crippen molar-refractivity contribution in [1.29, 1.82) is 0 Å². The van der Waals surface area contributed by atoms with Gasteiger partial charge in [-0.1, -0.05) is 30.3 Å². The Balaban J connectivity index is 1.53. The lowest BCUT2D eigenvalue weighted by molar-refractivity contribution is -0.274. The van der Waals surface area contributed by atoms with E-state index in [4.69, 9.17) is 4.74 Å². The van der Waals surface area contributed by atoms with E-state index in [0.29, 0.717) is 18.6 Å². The summed E-state index contributed by atoms with van der Waals surface area (Å²) in [6, 6.07) is 13.0. The molecule has 0 bridgehead atoms. The monoisotopic (exact) mass is 351 g/mol. The first-order chi connectivity index (χ1) is 11.9. The molecule has 0 radical (unpaired) electrons. The Kier molecular flexibility index (Phi) is 4.83. The van der Waals surface area contributed by atoms with Crippen LogP contribution in [0.2, 0.25) is 0 Å². The molecular weight excluding hydrogens is 335 g/mol. The van der Waals surface area contributed by atoms with Crippen LogP contribution in [-0.4, -0.2) is 18.9 Å². The fourth-order valence-corrected chi connectivity index (χ4v) is 2.64. The number of carbonyl (C=O) groups is 1. The highest BCUT2D eigenvalue weighted by atomic mass is 19.4. The van der Waals surface area contributed by atoms with Crippen molar-refractivity contribution in [1.82, 2.24) is 5.32 Å². The highest BCUT2D eigenvalue weighted by Gasteiger charge is 2.31. The zero-order chi connectivity index (χ0) is 17.9. The molecule has 0 fully saturated rings. The van der Waals surface area contributed by atoms with Crippen LogP contribution in [0.1, 0.15) is 11.1 Å². The fraction of sp³-hybridized carbons (Fsp3) is 0.278. The number of hydrogen-bond donors (Lipinski definition) is 1. The highest BCUT2D eigenvalue weighted by Crippen LogP contribution is 2.27. The van der Waals surface area contributed by atoms with Crippen LogP contribution in [0.15, 0.2) is 48.5 Å². The number of rotatable bonds is 4. The minimum Gasteiger partial charge on any atom is -0.492 e. The van der Waals surface area contributed by atoms with Gasteiger partial charge in [0.05, 0.1) is 5.92 Å². The molecule has 2 aromatic carbocycles. The van der Waals surface area contributed by atoms with Gasteiger partial charge in [0, 0.05) is 6.54 Å². The average molecular weight is 351 g/mol. The van der Waals surface area contributed by atoms with Crippen molar-refractivity contribution in [2.75, 3.05) is 6.61 Å².